The van der Waals surface area contributed by atoms with Gasteiger partial charge in [-0.15, -0.1) is 0 Å². The molecule has 0 N–H and O–H groups in total. The van der Waals surface area contributed by atoms with Crippen LogP contribution in [-0.2, 0) is 6.54 Å². The second-order valence-corrected chi connectivity index (χ2v) is 8.41. The van der Waals surface area contributed by atoms with E-state index in [2.05, 4.69) is 58.3 Å². The van der Waals surface area contributed by atoms with Crippen LogP contribution in [-0.4, -0.2) is 42.0 Å². The van der Waals surface area contributed by atoms with Crippen molar-refractivity contribution >= 4 is 11.0 Å². The van der Waals surface area contributed by atoms with Crippen molar-refractivity contribution in [2.24, 2.45) is 0 Å². The van der Waals surface area contributed by atoms with Crippen LogP contribution in [0.5, 0.6) is 0 Å². The lowest BCUT2D eigenvalue weighted by Gasteiger charge is -2.40. The summed E-state index contributed by atoms with van der Waals surface area (Å²) >= 11 is 0. The van der Waals surface area contributed by atoms with Gasteiger partial charge in [0.1, 0.15) is 11.3 Å². The third kappa shape index (κ3) is 3.74. The lowest BCUT2D eigenvalue weighted by atomic mass is 9.99. The van der Waals surface area contributed by atoms with Gasteiger partial charge in [0.2, 0.25) is 0 Å². The first-order valence-electron chi connectivity index (χ1n) is 10.9. The fourth-order valence-electron chi connectivity index (χ4n) is 4.97. The zero-order valence-corrected chi connectivity index (χ0v) is 16.6. The number of hydrogen-bond donors (Lipinski definition) is 0. The summed E-state index contributed by atoms with van der Waals surface area (Å²) < 4.78 is 6.16. The number of furan rings is 1. The fourth-order valence-corrected chi connectivity index (χ4v) is 4.97. The van der Waals surface area contributed by atoms with Gasteiger partial charge in [-0.1, -0.05) is 48.9 Å². The number of rotatable bonds is 4. The Labute approximate surface area is 167 Å². The van der Waals surface area contributed by atoms with Crippen LogP contribution in [0.4, 0.5) is 0 Å². The molecule has 2 fully saturated rings. The average Bonchev–Trinajstić information content (AvgIpc) is 3.21. The third-order valence-corrected chi connectivity index (χ3v) is 6.57. The van der Waals surface area contributed by atoms with Gasteiger partial charge in [0.05, 0.1) is 0 Å². The van der Waals surface area contributed by atoms with Crippen LogP contribution >= 0.6 is 0 Å². The van der Waals surface area contributed by atoms with E-state index in [-0.39, 0.29) is 0 Å². The molecule has 0 unspecified atom stereocenters. The SMILES string of the molecule is c1ccc(-c2cc3c(CN4CCC(N5CCCCC5)CC4)cccc3o2)cc1. The molecule has 0 spiro atoms. The molecule has 5 rings (SSSR count). The molecule has 146 valence electrons. The van der Waals surface area contributed by atoms with Gasteiger partial charge in [-0.25, -0.2) is 0 Å². The van der Waals surface area contributed by atoms with Gasteiger partial charge in [0.25, 0.3) is 0 Å². The Bertz CT molecular complexity index is 903. The molecule has 3 heterocycles. The normalized spacial score (nSPS) is 20.0. The molecule has 2 aromatic carbocycles. The van der Waals surface area contributed by atoms with Crippen molar-refractivity contribution in [1.29, 1.82) is 0 Å². The standard InChI is InChI=1S/C25H30N2O/c1-3-8-20(9-4-1)25-18-23-21(10-7-11-24(23)28-25)19-26-16-12-22(13-17-26)27-14-5-2-6-15-27/h1,3-4,7-11,18,22H,2,5-6,12-17,19H2. The summed E-state index contributed by atoms with van der Waals surface area (Å²) in [6.45, 7) is 6.09. The first-order chi connectivity index (χ1) is 13.9. The average molecular weight is 375 g/mol. The van der Waals surface area contributed by atoms with Crippen molar-refractivity contribution in [2.75, 3.05) is 26.2 Å². The molecule has 3 aromatic rings. The van der Waals surface area contributed by atoms with Crippen molar-refractivity contribution in [2.45, 2.75) is 44.7 Å². The minimum atomic E-state index is 0.811. The van der Waals surface area contributed by atoms with Crippen LogP contribution in [0.2, 0.25) is 0 Å². The highest BCUT2D eigenvalue weighted by atomic mass is 16.3. The minimum Gasteiger partial charge on any atom is -0.456 e. The van der Waals surface area contributed by atoms with Crippen LogP contribution in [0.3, 0.4) is 0 Å². The molecule has 0 aliphatic carbocycles. The van der Waals surface area contributed by atoms with Gasteiger partial charge in [-0.05, 0) is 69.6 Å². The highest BCUT2D eigenvalue weighted by molar-refractivity contribution is 5.85. The van der Waals surface area contributed by atoms with E-state index in [0.29, 0.717) is 0 Å². The van der Waals surface area contributed by atoms with Crippen molar-refractivity contribution in [3.8, 4) is 11.3 Å². The fraction of sp³-hybridized carbons (Fsp3) is 0.440. The Kier molecular flexibility index (Phi) is 5.20. The topological polar surface area (TPSA) is 19.6 Å². The lowest BCUT2D eigenvalue weighted by molar-refractivity contribution is 0.0898. The maximum absolute atomic E-state index is 6.16. The Hall–Kier alpha value is -2.10. The molecule has 3 nitrogen and oxygen atoms in total. The van der Waals surface area contributed by atoms with E-state index < -0.39 is 0 Å². The van der Waals surface area contributed by atoms with E-state index in [4.69, 9.17) is 4.42 Å². The summed E-state index contributed by atoms with van der Waals surface area (Å²) in [6, 6.07) is 19.9. The molecule has 0 saturated carbocycles. The molecule has 0 radical (unpaired) electrons. The van der Waals surface area contributed by atoms with Crippen LogP contribution in [0.15, 0.2) is 59.0 Å². The summed E-state index contributed by atoms with van der Waals surface area (Å²) in [5.74, 6) is 0.965. The molecule has 0 bridgehead atoms. The summed E-state index contributed by atoms with van der Waals surface area (Å²) in [5.41, 5.74) is 3.53. The molecule has 2 aliphatic rings. The van der Waals surface area contributed by atoms with Gasteiger partial charge in [-0.2, -0.15) is 0 Å². The number of benzene rings is 2. The first kappa shape index (κ1) is 18.0. The second-order valence-electron chi connectivity index (χ2n) is 8.41. The summed E-state index contributed by atoms with van der Waals surface area (Å²) in [7, 11) is 0. The van der Waals surface area contributed by atoms with Gasteiger partial charge in [0.15, 0.2) is 0 Å². The maximum Gasteiger partial charge on any atom is 0.135 e. The molecular weight excluding hydrogens is 344 g/mol. The predicted octanol–water partition coefficient (Wildman–Crippen LogP) is 5.55. The van der Waals surface area contributed by atoms with Crippen LogP contribution in [0.1, 0.15) is 37.7 Å². The summed E-state index contributed by atoms with van der Waals surface area (Å²) in [4.78, 5) is 5.38. The summed E-state index contributed by atoms with van der Waals surface area (Å²) in [6.07, 6.45) is 6.85. The molecule has 3 heteroatoms. The van der Waals surface area contributed by atoms with E-state index >= 15 is 0 Å². The monoisotopic (exact) mass is 374 g/mol. The Morgan fingerprint density at radius 2 is 1.61 bits per heavy atom. The van der Waals surface area contributed by atoms with Crippen LogP contribution in [0.25, 0.3) is 22.3 Å². The molecule has 2 aliphatic heterocycles. The largest absolute Gasteiger partial charge is 0.456 e. The second kappa shape index (κ2) is 8.10. The maximum atomic E-state index is 6.16. The van der Waals surface area contributed by atoms with Crippen molar-refractivity contribution in [3.05, 3.63) is 60.2 Å². The number of hydrogen-bond acceptors (Lipinski definition) is 3. The number of likely N-dealkylation sites (tertiary alicyclic amines) is 2. The molecule has 0 amide bonds. The molecule has 0 atom stereocenters. The molecule has 1 aromatic heterocycles. The van der Waals surface area contributed by atoms with Gasteiger partial charge in [-0.3, -0.25) is 4.90 Å². The number of nitrogens with zero attached hydrogens (tertiary/aromatic N) is 2. The third-order valence-electron chi connectivity index (χ3n) is 6.57. The van der Waals surface area contributed by atoms with E-state index in [1.807, 2.05) is 6.07 Å². The zero-order valence-electron chi connectivity index (χ0n) is 16.6. The minimum absolute atomic E-state index is 0.811. The first-order valence-corrected chi connectivity index (χ1v) is 10.9. The molecule has 2 saturated heterocycles. The predicted molar refractivity (Wildman–Crippen MR) is 115 cm³/mol. The van der Waals surface area contributed by atoms with Crippen LogP contribution < -0.4 is 0 Å². The smallest absolute Gasteiger partial charge is 0.135 e. The van der Waals surface area contributed by atoms with Gasteiger partial charge < -0.3 is 9.32 Å². The number of piperidine rings is 2. The van der Waals surface area contributed by atoms with Crippen LogP contribution in [0, 0.1) is 0 Å². The van der Waals surface area contributed by atoms with E-state index in [9.17, 15) is 0 Å². The Morgan fingerprint density at radius 3 is 2.39 bits per heavy atom. The van der Waals surface area contributed by atoms with E-state index in [0.717, 1.165) is 29.5 Å². The van der Waals surface area contributed by atoms with Crippen molar-refractivity contribution in [1.82, 2.24) is 9.80 Å². The van der Waals surface area contributed by atoms with Crippen molar-refractivity contribution in [3.63, 3.8) is 0 Å². The van der Waals surface area contributed by atoms with E-state index in [1.165, 1.54) is 69.2 Å². The molecular formula is C25H30N2O. The van der Waals surface area contributed by atoms with Gasteiger partial charge >= 0.3 is 0 Å². The molecule has 28 heavy (non-hydrogen) atoms. The highest BCUT2D eigenvalue weighted by Crippen LogP contribution is 2.31. The summed E-state index contributed by atoms with van der Waals surface area (Å²) in [5, 5.41) is 1.26. The number of fused-ring (bicyclic) bond motifs is 1. The quantitative estimate of drug-likeness (QED) is 0.597. The lowest BCUT2D eigenvalue weighted by Crippen LogP contribution is -2.46. The highest BCUT2D eigenvalue weighted by Gasteiger charge is 2.25. The Balaban J connectivity index is 1.28. The van der Waals surface area contributed by atoms with E-state index in [1.54, 1.807) is 0 Å². The van der Waals surface area contributed by atoms with Crippen molar-refractivity contribution < 1.29 is 4.42 Å². The Morgan fingerprint density at radius 1 is 0.821 bits per heavy atom. The van der Waals surface area contributed by atoms with Gasteiger partial charge in [0, 0.05) is 23.5 Å². The zero-order chi connectivity index (χ0) is 18.8.